The molecular weight excluding hydrogens is 408 g/mol. The summed E-state index contributed by atoms with van der Waals surface area (Å²) in [6, 6.07) is 27.1. The molecule has 160 valence electrons. The van der Waals surface area contributed by atoms with Gasteiger partial charge in [0.25, 0.3) is 0 Å². The first-order valence-corrected chi connectivity index (χ1v) is 11.7. The lowest BCUT2D eigenvalue weighted by atomic mass is 9.93. The van der Waals surface area contributed by atoms with Gasteiger partial charge in [0.1, 0.15) is 0 Å². The molecule has 1 atom stereocenters. The molecular formula is C26H26O4S. The Balaban J connectivity index is 1.36. The molecule has 1 heterocycles. The van der Waals surface area contributed by atoms with Gasteiger partial charge in [-0.05, 0) is 29.4 Å². The summed E-state index contributed by atoms with van der Waals surface area (Å²) in [4.78, 5) is 10.8. The lowest BCUT2D eigenvalue weighted by Crippen LogP contribution is -2.09. The van der Waals surface area contributed by atoms with Gasteiger partial charge >= 0.3 is 5.97 Å². The van der Waals surface area contributed by atoms with Crippen molar-refractivity contribution in [2.45, 2.75) is 18.3 Å². The first kappa shape index (κ1) is 21.3. The van der Waals surface area contributed by atoms with Crippen molar-refractivity contribution in [2.75, 3.05) is 24.7 Å². The first-order chi connectivity index (χ1) is 15.2. The molecule has 1 aliphatic heterocycles. The van der Waals surface area contributed by atoms with E-state index in [-0.39, 0.29) is 6.61 Å². The summed E-state index contributed by atoms with van der Waals surface area (Å²) in [5, 5.41) is 8.86. The number of benzene rings is 3. The number of thioether (sulfide) groups is 1. The zero-order chi connectivity index (χ0) is 21.5. The summed E-state index contributed by atoms with van der Waals surface area (Å²) in [6.07, 6.45) is 1.01. The van der Waals surface area contributed by atoms with Crippen LogP contribution in [-0.2, 0) is 4.79 Å². The highest BCUT2D eigenvalue weighted by atomic mass is 32.2. The summed E-state index contributed by atoms with van der Waals surface area (Å²) >= 11 is 1.97. The van der Waals surface area contributed by atoms with Crippen LogP contribution in [0.15, 0.2) is 78.9 Å². The second-order valence-electron chi connectivity index (χ2n) is 7.60. The molecule has 0 aromatic heterocycles. The minimum absolute atomic E-state index is 0.308. The number of rotatable bonds is 10. The molecule has 0 saturated heterocycles. The topological polar surface area (TPSA) is 55.8 Å². The van der Waals surface area contributed by atoms with Crippen molar-refractivity contribution in [2.24, 2.45) is 0 Å². The lowest BCUT2D eigenvalue weighted by molar-refractivity contribution is -0.139. The van der Waals surface area contributed by atoms with Gasteiger partial charge < -0.3 is 14.6 Å². The maximum Gasteiger partial charge on any atom is 0.341 e. The van der Waals surface area contributed by atoms with E-state index in [0.717, 1.165) is 23.5 Å². The van der Waals surface area contributed by atoms with E-state index in [9.17, 15) is 4.79 Å². The third-order valence-corrected chi connectivity index (χ3v) is 6.62. The Morgan fingerprint density at radius 2 is 1.68 bits per heavy atom. The van der Waals surface area contributed by atoms with Crippen LogP contribution in [0.4, 0.5) is 0 Å². The second kappa shape index (κ2) is 10.4. The average Bonchev–Trinajstić information content (AvgIpc) is 3.22. The molecule has 4 rings (SSSR count). The summed E-state index contributed by atoms with van der Waals surface area (Å²) in [5.41, 5.74) is 3.80. The van der Waals surface area contributed by atoms with Crippen molar-refractivity contribution in [1.29, 1.82) is 0 Å². The molecule has 1 unspecified atom stereocenters. The number of ether oxygens (including phenoxy) is 2. The van der Waals surface area contributed by atoms with Crippen LogP contribution < -0.4 is 9.47 Å². The van der Waals surface area contributed by atoms with Gasteiger partial charge in [0.15, 0.2) is 18.1 Å². The monoisotopic (exact) mass is 434 g/mol. The van der Waals surface area contributed by atoms with Crippen LogP contribution in [0, 0.1) is 0 Å². The minimum atomic E-state index is -0.991. The van der Waals surface area contributed by atoms with Gasteiger partial charge in [0.05, 0.1) is 6.61 Å². The van der Waals surface area contributed by atoms with Crippen LogP contribution in [0.5, 0.6) is 11.5 Å². The Morgan fingerprint density at radius 3 is 2.32 bits per heavy atom. The van der Waals surface area contributed by atoms with Crippen LogP contribution in [0.3, 0.4) is 0 Å². The number of fused-ring (bicyclic) bond motifs is 1. The van der Waals surface area contributed by atoms with Gasteiger partial charge in [-0.25, -0.2) is 4.79 Å². The predicted octanol–water partition coefficient (Wildman–Crippen LogP) is 5.58. The van der Waals surface area contributed by atoms with E-state index in [1.165, 1.54) is 11.1 Å². The van der Waals surface area contributed by atoms with E-state index < -0.39 is 5.97 Å². The fourth-order valence-corrected chi connectivity index (χ4v) is 5.20. The largest absolute Gasteiger partial charge is 0.489 e. The Bertz CT molecular complexity index is 951. The van der Waals surface area contributed by atoms with Gasteiger partial charge in [-0.2, -0.15) is 11.8 Å². The highest BCUT2D eigenvalue weighted by Gasteiger charge is 2.27. The van der Waals surface area contributed by atoms with Crippen LogP contribution >= 0.6 is 11.8 Å². The maximum atomic E-state index is 10.8. The summed E-state index contributed by atoms with van der Waals surface area (Å²) in [6.45, 7) is 0.255. The third-order valence-electron chi connectivity index (χ3n) is 5.53. The Kier molecular flexibility index (Phi) is 7.15. The standard InChI is InChI=1S/C26H26O4S/c27-25(28)17-29-24-13-7-12-22-21(16-30-26(22)24)14-15-31-18-23(19-8-3-1-4-9-19)20-10-5-2-6-11-20/h1-13,21,23H,14-18H2,(H,27,28). The van der Waals surface area contributed by atoms with Gasteiger partial charge in [-0.15, -0.1) is 0 Å². The van der Waals surface area contributed by atoms with E-state index in [0.29, 0.717) is 29.9 Å². The normalized spacial score (nSPS) is 14.8. The van der Waals surface area contributed by atoms with Gasteiger partial charge in [0, 0.05) is 23.2 Å². The first-order valence-electron chi connectivity index (χ1n) is 10.5. The third kappa shape index (κ3) is 5.42. The van der Waals surface area contributed by atoms with Gasteiger partial charge in [-0.3, -0.25) is 0 Å². The van der Waals surface area contributed by atoms with Crippen LogP contribution in [0.1, 0.15) is 34.9 Å². The zero-order valence-electron chi connectivity index (χ0n) is 17.3. The number of carboxylic acid groups (broad SMARTS) is 1. The molecule has 0 radical (unpaired) electrons. The maximum absolute atomic E-state index is 10.8. The van der Waals surface area contributed by atoms with E-state index >= 15 is 0 Å². The lowest BCUT2D eigenvalue weighted by Gasteiger charge is -2.18. The molecule has 5 heteroatoms. The van der Waals surface area contributed by atoms with Crippen molar-refractivity contribution >= 4 is 17.7 Å². The molecule has 0 bridgehead atoms. The van der Waals surface area contributed by atoms with Crippen LogP contribution in [0.2, 0.25) is 0 Å². The molecule has 0 amide bonds. The molecule has 0 fully saturated rings. The quantitative estimate of drug-likeness (QED) is 0.422. The Labute approximate surface area is 187 Å². The number of aliphatic carboxylic acids is 1. The summed E-state index contributed by atoms with van der Waals surface area (Å²) in [5.74, 6) is 2.96. The number of para-hydroxylation sites is 1. The molecule has 3 aromatic carbocycles. The molecule has 31 heavy (non-hydrogen) atoms. The average molecular weight is 435 g/mol. The fourth-order valence-electron chi connectivity index (χ4n) is 3.96. The molecule has 0 aliphatic carbocycles. The van der Waals surface area contributed by atoms with Crippen LogP contribution in [-0.4, -0.2) is 35.8 Å². The SMILES string of the molecule is O=C(O)COc1cccc2c1OCC2CCSCC(c1ccccc1)c1ccccc1. The molecule has 1 aliphatic rings. The van der Waals surface area contributed by atoms with E-state index in [4.69, 9.17) is 14.6 Å². The van der Waals surface area contributed by atoms with E-state index in [1.807, 2.05) is 17.8 Å². The van der Waals surface area contributed by atoms with E-state index in [1.54, 1.807) is 6.07 Å². The fraction of sp³-hybridized carbons (Fsp3) is 0.269. The number of carboxylic acids is 1. The van der Waals surface area contributed by atoms with Crippen molar-refractivity contribution < 1.29 is 19.4 Å². The number of hydrogen-bond donors (Lipinski definition) is 1. The molecule has 0 spiro atoms. The van der Waals surface area contributed by atoms with Crippen molar-refractivity contribution in [1.82, 2.24) is 0 Å². The van der Waals surface area contributed by atoms with Crippen molar-refractivity contribution in [3.63, 3.8) is 0 Å². The molecule has 0 saturated carbocycles. The smallest absolute Gasteiger partial charge is 0.341 e. The van der Waals surface area contributed by atoms with Crippen LogP contribution in [0.25, 0.3) is 0 Å². The highest BCUT2D eigenvalue weighted by molar-refractivity contribution is 7.99. The van der Waals surface area contributed by atoms with Crippen molar-refractivity contribution in [3.05, 3.63) is 95.6 Å². The molecule has 3 aromatic rings. The zero-order valence-corrected chi connectivity index (χ0v) is 18.1. The minimum Gasteiger partial charge on any atom is -0.489 e. The van der Waals surface area contributed by atoms with Crippen molar-refractivity contribution in [3.8, 4) is 11.5 Å². The van der Waals surface area contributed by atoms with E-state index in [2.05, 4.69) is 66.7 Å². The molecule has 4 nitrogen and oxygen atoms in total. The van der Waals surface area contributed by atoms with Gasteiger partial charge in [0.2, 0.25) is 0 Å². The second-order valence-corrected chi connectivity index (χ2v) is 8.75. The Hall–Kier alpha value is -2.92. The summed E-state index contributed by atoms with van der Waals surface area (Å²) in [7, 11) is 0. The van der Waals surface area contributed by atoms with Gasteiger partial charge in [-0.1, -0.05) is 72.8 Å². The number of carbonyl (C=O) groups is 1. The number of hydrogen-bond acceptors (Lipinski definition) is 4. The Morgan fingerprint density at radius 1 is 1.00 bits per heavy atom. The summed E-state index contributed by atoms with van der Waals surface area (Å²) < 4.78 is 11.2. The molecule has 1 N–H and O–H groups in total. The predicted molar refractivity (Wildman–Crippen MR) is 124 cm³/mol. The highest BCUT2D eigenvalue weighted by Crippen LogP contribution is 2.43.